The second-order valence-electron chi connectivity index (χ2n) is 9.32. The van der Waals surface area contributed by atoms with Crippen molar-refractivity contribution >= 4 is 43.2 Å². The van der Waals surface area contributed by atoms with Gasteiger partial charge in [0.05, 0.1) is 34.8 Å². The van der Waals surface area contributed by atoms with Crippen LogP contribution >= 0.6 is 22.9 Å². The third kappa shape index (κ3) is 4.76. The number of hydrogen-bond acceptors (Lipinski definition) is 6. The van der Waals surface area contributed by atoms with E-state index in [1.165, 1.54) is 6.07 Å². The molecule has 3 aromatic carbocycles. The molecule has 0 aliphatic carbocycles. The van der Waals surface area contributed by atoms with E-state index >= 15 is 0 Å². The quantitative estimate of drug-likeness (QED) is 0.353. The molecule has 2 heterocycles. The van der Waals surface area contributed by atoms with Gasteiger partial charge in [-0.25, -0.2) is 13.1 Å². The second kappa shape index (κ2) is 9.23. The second-order valence-corrected chi connectivity index (χ2v) is 12.4. The lowest BCUT2D eigenvalue weighted by atomic mass is 9.90. The van der Waals surface area contributed by atoms with E-state index in [2.05, 4.69) is 4.72 Å². The van der Waals surface area contributed by atoms with Gasteiger partial charge in [-0.1, -0.05) is 47.2 Å². The topological polar surface area (TPSA) is 86.6 Å². The van der Waals surface area contributed by atoms with Crippen LogP contribution in [0, 0.1) is 0 Å². The van der Waals surface area contributed by atoms with Crippen LogP contribution in [0.15, 0.2) is 70.4 Å². The lowest BCUT2D eigenvalue weighted by molar-refractivity contribution is 0.0699. The summed E-state index contributed by atoms with van der Waals surface area (Å²) in [6, 6.07) is 17.0. The zero-order chi connectivity index (χ0) is 25.7. The van der Waals surface area contributed by atoms with Crippen molar-refractivity contribution in [3.8, 4) is 11.5 Å². The van der Waals surface area contributed by atoms with E-state index in [-0.39, 0.29) is 9.77 Å². The predicted molar refractivity (Wildman–Crippen MR) is 142 cm³/mol. The number of thiazole rings is 1. The van der Waals surface area contributed by atoms with Gasteiger partial charge >= 0.3 is 4.87 Å². The van der Waals surface area contributed by atoms with Crippen LogP contribution < -0.4 is 19.1 Å². The SMILES string of the molecule is COc1ccc2c(c1)OC(C)(C)C[C@H]2NS(=O)(=O)c1ccc2c(c1)sc(=O)n2Cc1ccccc1Cl. The van der Waals surface area contributed by atoms with Crippen molar-refractivity contribution in [3.63, 3.8) is 0 Å². The molecule has 0 fully saturated rings. The molecule has 7 nitrogen and oxygen atoms in total. The first-order chi connectivity index (χ1) is 17.1. The largest absolute Gasteiger partial charge is 0.497 e. The highest BCUT2D eigenvalue weighted by atomic mass is 35.5. The fraction of sp³-hybridized carbons (Fsp3) is 0.269. The molecule has 0 saturated heterocycles. The molecule has 188 valence electrons. The van der Waals surface area contributed by atoms with E-state index in [9.17, 15) is 13.2 Å². The number of ether oxygens (including phenoxy) is 2. The van der Waals surface area contributed by atoms with Crippen LogP contribution in [-0.4, -0.2) is 25.7 Å². The summed E-state index contributed by atoms with van der Waals surface area (Å²) >= 11 is 7.29. The van der Waals surface area contributed by atoms with Crippen LogP contribution in [0.25, 0.3) is 10.2 Å². The Morgan fingerprint density at radius 2 is 1.94 bits per heavy atom. The molecular formula is C26H25ClN2O5S2. The lowest BCUT2D eigenvalue weighted by Crippen LogP contribution is -2.41. The van der Waals surface area contributed by atoms with E-state index in [4.69, 9.17) is 21.1 Å². The third-order valence-electron chi connectivity index (χ3n) is 6.21. The van der Waals surface area contributed by atoms with Gasteiger partial charge in [0.15, 0.2) is 0 Å². The number of halogens is 1. The number of rotatable bonds is 6. The van der Waals surface area contributed by atoms with Gasteiger partial charge in [0.2, 0.25) is 10.0 Å². The van der Waals surface area contributed by atoms with Crippen LogP contribution in [0.5, 0.6) is 11.5 Å². The van der Waals surface area contributed by atoms with Crippen molar-refractivity contribution in [2.24, 2.45) is 0 Å². The van der Waals surface area contributed by atoms with E-state index in [1.54, 1.807) is 42.0 Å². The minimum atomic E-state index is -3.89. The number of sulfonamides is 1. The third-order valence-corrected chi connectivity index (χ3v) is 8.99. The molecule has 0 bridgehead atoms. The summed E-state index contributed by atoms with van der Waals surface area (Å²) in [6.07, 6.45) is 0.454. The Labute approximate surface area is 218 Å². The maximum Gasteiger partial charge on any atom is 0.308 e. The average molecular weight is 545 g/mol. The predicted octanol–water partition coefficient (Wildman–Crippen LogP) is 5.35. The molecule has 1 aliphatic rings. The van der Waals surface area contributed by atoms with Gasteiger partial charge in [0, 0.05) is 23.1 Å². The summed E-state index contributed by atoms with van der Waals surface area (Å²) in [6.45, 7) is 4.14. The molecule has 1 atom stereocenters. The molecule has 0 saturated carbocycles. The van der Waals surface area contributed by atoms with Gasteiger partial charge in [-0.15, -0.1) is 0 Å². The summed E-state index contributed by atoms with van der Waals surface area (Å²) < 4.78 is 43.3. The van der Waals surface area contributed by atoms with Crippen molar-refractivity contribution in [1.29, 1.82) is 0 Å². The summed E-state index contributed by atoms with van der Waals surface area (Å²) in [5.41, 5.74) is 1.65. The monoisotopic (exact) mass is 544 g/mol. The van der Waals surface area contributed by atoms with E-state index in [1.807, 2.05) is 38.1 Å². The Balaban J connectivity index is 1.47. The Bertz CT molecular complexity index is 1630. The van der Waals surface area contributed by atoms with Crippen LogP contribution in [0.4, 0.5) is 0 Å². The van der Waals surface area contributed by atoms with Crippen molar-refractivity contribution in [2.45, 2.75) is 43.4 Å². The summed E-state index contributed by atoms with van der Waals surface area (Å²) in [5, 5.41) is 0.574. The van der Waals surface area contributed by atoms with Gasteiger partial charge in [-0.05, 0) is 49.7 Å². The van der Waals surface area contributed by atoms with Gasteiger partial charge in [-0.2, -0.15) is 0 Å². The van der Waals surface area contributed by atoms with Crippen LogP contribution in [0.1, 0.15) is 37.4 Å². The van der Waals surface area contributed by atoms with E-state index < -0.39 is 21.7 Å². The van der Waals surface area contributed by atoms with Gasteiger partial charge in [0.1, 0.15) is 17.1 Å². The smallest absolute Gasteiger partial charge is 0.308 e. The molecule has 0 unspecified atom stereocenters. The summed E-state index contributed by atoms with van der Waals surface area (Å²) in [4.78, 5) is 12.7. The van der Waals surface area contributed by atoms with Crippen LogP contribution in [0.3, 0.4) is 0 Å². The molecule has 0 spiro atoms. The van der Waals surface area contributed by atoms with Crippen molar-refractivity contribution < 1.29 is 17.9 Å². The molecule has 36 heavy (non-hydrogen) atoms. The molecular weight excluding hydrogens is 520 g/mol. The summed E-state index contributed by atoms with van der Waals surface area (Å²) in [5.74, 6) is 1.22. The van der Waals surface area contributed by atoms with Gasteiger partial charge in [0.25, 0.3) is 0 Å². The normalized spacial score (nSPS) is 16.9. The molecule has 1 aliphatic heterocycles. The average Bonchev–Trinajstić information content (AvgIpc) is 3.13. The first-order valence-corrected chi connectivity index (χ1v) is 14.0. The highest BCUT2D eigenvalue weighted by Gasteiger charge is 2.36. The standard InChI is InChI=1S/C26H25ClN2O5S2/c1-26(2)14-21(19-10-8-17(33-3)12-23(19)34-26)28-36(31,32)18-9-11-22-24(13-18)35-25(30)29(22)15-16-6-4-5-7-20(16)27/h4-13,21,28H,14-15H2,1-3H3/t21-/m1/s1. The minimum absolute atomic E-state index is 0.0977. The number of methoxy groups -OCH3 is 1. The Kier molecular flexibility index (Phi) is 6.36. The molecule has 4 aromatic rings. The van der Waals surface area contributed by atoms with Crippen molar-refractivity contribution in [2.75, 3.05) is 7.11 Å². The molecule has 0 amide bonds. The fourth-order valence-electron chi connectivity index (χ4n) is 4.48. The number of benzene rings is 3. The number of nitrogens with one attached hydrogen (secondary N) is 1. The fourth-order valence-corrected chi connectivity index (χ4v) is 6.92. The highest BCUT2D eigenvalue weighted by molar-refractivity contribution is 7.89. The van der Waals surface area contributed by atoms with Crippen LogP contribution in [0.2, 0.25) is 5.02 Å². The molecule has 10 heteroatoms. The Hall–Kier alpha value is -2.85. The van der Waals surface area contributed by atoms with Gasteiger partial charge < -0.3 is 9.47 Å². The van der Waals surface area contributed by atoms with E-state index in [0.29, 0.717) is 39.7 Å². The first-order valence-electron chi connectivity index (χ1n) is 11.3. The maximum absolute atomic E-state index is 13.4. The number of hydrogen-bond donors (Lipinski definition) is 1. The molecule has 1 N–H and O–H groups in total. The molecule has 0 radical (unpaired) electrons. The van der Waals surface area contributed by atoms with Crippen LogP contribution in [-0.2, 0) is 16.6 Å². The van der Waals surface area contributed by atoms with Crippen molar-refractivity contribution in [3.05, 3.63) is 86.5 Å². The maximum atomic E-state index is 13.4. The van der Waals surface area contributed by atoms with Gasteiger partial charge in [-0.3, -0.25) is 9.36 Å². The highest BCUT2D eigenvalue weighted by Crippen LogP contribution is 2.42. The zero-order valence-corrected chi connectivity index (χ0v) is 22.3. The number of fused-ring (bicyclic) bond motifs is 2. The van der Waals surface area contributed by atoms with E-state index in [0.717, 1.165) is 22.5 Å². The Morgan fingerprint density at radius 3 is 2.69 bits per heavy atom. The molecule has 1 aromatic heterocycles. The van der Waals surface area contributed by atoms with Crippen molar-refractivity contribution in [1.82, 2.24) is 9.29 Å². The molecule has 5 rings (SSSR count). The first kappa shape index (κ1) is 24.8. The summed E-state index contributed by atoms with van der Waals surface area (Å²) in [7, 11) is -2.32. The minimum Gasteiger partial charge on any atom is -0.497 e. The number of nitrogens with zero attached hydrogens (tertiary/aromatic N) is 1. The zero-order valence-electron chi connectivity index (χ0n) is 19.9. The lowest BCUT2D eigenvalue weighted by Gasteiger charge is -2.37. The number of aromatic nitrogens is 1. The Morgan fingerprint density at radius 1 is 1.17 bits per heavy atom.